The third-order valence-corrected chi connectivity index (χ3v) is 7.47. The molecule has 0 radical (unpaired) electrons. The summed E-state index contributed by atoms with van der Waals surface area (Å²) in [6.45, 7) is 0. The lowest BCUT2D eigenvalue weighted by molar-refractivity contribution is 0.261. The zero-order valence-corrected chi connectivity index (χ0v) is 13.0. The lowest BCUT2D eigenvalue weighted by Gasteiger charge is -2.33. The van der Waals surface area contributed by atoms with Crippen molar-refractivity contribution in [1.82, 2.24) is 0 Å². The molecule has 1 aromatic carbocycles. The van der Waals surface area contributed by atoms with Crippen LogP contribution in [0.15, 0.2) is 64.4 Å². The van der Waals surface area contributed by atoms with Gasteiger partial charge in [-0.15, -0.1) is 0 Å². The number of fused-ring (bicyclic) bond motifs is 3. The Morgan fingerprint density at radius 3 is 2.60 bits per heavy atom. The van der Waals surface area contributed by atoms with E-state index in [4.69, 9.17) is 9.05 Å². The molecule has 1 unspecified atom stereocenters. The summed E-state index contributed by atoms with van der Waals surface area (Å²) < 4.78 is 23.9. The maximum absolute atomic E-state index is 13.2. The molecule has 0 N–H and O–H groups in total. The van der Waals surface area contributed by atoms with Gasteiger partial charge >= 0.3 is 7.60 Å². The smallest absolute Gasteiger partial charge is 0.311 e. The van der Waals surface area contributed by atoms with Crippen molar-refractivity contribution in [1.29, 1.82) is 0 Å². The molecule has 0 saturated heterocycles. The van der Waals surface area contributed by atoms with Gasteiger partial charge in [-0.3, -0.25) is 4.57 Å². The highest BCUT2D eigenvalue weighted by Crippen LogP contribution is 2.74. The summed E-state index contributed by atoms with van der Waals surface area (Å²) in [5, 5.41) is -0.846. The molecule has 1 aliphatic carbocycles. The van der Waals surface area contributed by atoms with Crippen LogP contribution < -0.4 is 0 Å². The van der Waals surface area contributed by atoms with E-state index in [1.807, 2.05) is 54.6 Å². The van der Waals surface area contributed by atoms with E-state index < -0.39 is 12.8 Å². The molecule has 0 bridgehead atoms. The Balaban J connectivity index is 2.34. The topological polar surface area (TPSA) is 35.5 Å². The molecule has 2 aliphatic rings. The molecule has 0 saturated carbocycles. The summed E-state index contributed by atoms with van der Waals surface area (Å²) in [6.07, 6.45) is 9.68. The molecular weight excluding hydrogens is 291 g/mol. The molecule has 3 rings (SSSR count). The third kappa shape index (κ3) is 1.73. The first-order chi connectivity index (χ1) is 9.68. The second-order valence-corrected chi connectivity index (χ2v) is 8.02. The quantitative estimate of drug-likeness (QED) is 0.771. The second-order valence-electron chi connectivity index (χ2n) is 4.50. The maximum atomic E-state index is 13.2. The van der Waals surface area contributed by atoms with Gasteiger partial charge in [-0.2, -0.15) is 0 Å². The van der Waals surface area contributed by atoms with Gasteiger partial charge in [-0.1, -0.05) is 60.3 Å². The molecule has 0 aromatic heterocycles. The van der Waals surface area contributed by atoms with Crippen molar-refractivity contribution in [2.45, 2.75) is 10.1 Å². The van der Waals surface area contributed by atoms with Gasteiger partial charge in [0.25, 0.3) is 0 Å². The van der Waals surface area contributed by atoms with Crippen molar-refractivity contribution in [2.24, 2.45) is 0 Å². The van der Waals surface area contributed by atoms with Crippen LogP contribution in [0.5, 0.6) is 0 Å². The summed E-state index contributed by atoms with van der Waals surface area (Å²) in [6, 6.07) is 7.95. The Hall–Kier alpha value is -1.06. The Bertz CT molecular complexity index is 669. The van der Waals surface area contributed by atoms with Gasteiger partial charge in [0, 0.05) is 24.0 Å². The zero-order valence-electron chi connectivity index (χ0n) is 11.3. The highest BCUT2D eigenvalue weighted by Gasteiger charge is 2.57. The molecule has 1 heterocycles. The van der Waals surface area contributed by atoms with Crippen molar-refractivity contribution in [3.8, 4) is 0 Å². The fraction of sp³-hybridized carbons (Fsp3) is 0.200. The molecule has 1 atom stereocenters. The van der Waals surface area contributed by atoms with Crippen LogP contribution in [0.25, 0.3) is 0 Å². The average molecular weight is 306 g/mol. The maximum Gasteiger partial charge on any atom is 0.349 e. The number of benzene rings is 1. The van der Waals surface area contributed by atoms with Crippen LogP contribution >= 0.6 is 19.4 Å². The van der Waals surface area contributed by atoms with Gasteiger partial charge < -0.3 is 9.05 Å². The number of allylic oxidation sites excluding steroid dienone is 6. The first kappa shape index (κ1) is 13.9. The van der Waals surface area contributed by atoms with E-state index >= 15 is 0 Å². The van der Waals surface area contributed by atoms with Gasteiger partial charge in [0.2, 0.25) is 0 Å². The average Bonchev–Trinajstić information content (AvgIpc) is 2.66. The predicted molar refractivity (Wildman–Crippen MR) is 82.0 cm³/mol. The standard InChI is InChI=1S/C15H15O3PS/c1-17-19(16,18-2)15-11-7-3-4-10-14(15)20-13-9-6-5-8-12(13)15/h3-11H,1-2H3. The molecule has 0 fully saturated rings. The van der Waals surface area contributed by atoms with Crippen LogP contribution in [0.2, 0.25) is 0 Å². The molecule has 3 nitrogen and oxygen atoms in total. The molecule has 1 aliphatic heterocycles. The van der Waals surface area contributed by atoms with Crippen molar-refractivity contribution < 1.29 is 13.6 Å². The van der Waals surface area contributed by atoms with E-state index in [1.165, 1.54) is 14.2 Å². The summed E-state index contributed by atoms with van der Waals surface area (Å²) in [5.74, 6) is 0. The van der Waals surface area contributed by atoms with Gasteiger partial charge in [0.1, 0.15) is 5.16 Å². The van der Waals surface area contributed by atoms with Crippen LogP contribution in [-0.4, -0.2) is 14.2 Å². The highest BCUT2D eigenvalue weighted by atomic mass is 32.2. The molecular formula is C15H15O3PS. The van der Waals surface area contributed by atoms with E-state index in [9.17, 15) is 4.57 Å². The van der Waals surface area contributed by atoms with E-state index in [0.717, 1.165) is 15.4 Å². The van der Waals surface area contributed by atoms with Crippen molar-refractivity contribution in [3.63, 3.8) is 0 Å². The summed E-state index contributed by atoms with van der Waals surface area (Å²) >= 11 is 1.62. The zero-order chi connectivity index (χ0) is 14.2. The molecule has 1 aromatic rings. The summed E-state index contributed by atoms with van der Waals surface area (Å²) in [5.41, 5.74) is 0.975. The van der Waals surface area contributed by atoms with Gasteiger partial charge in [-0.05, 0) is 11.6 Å². The van der Waals surface area contributed by atoms with Crippen molar-refractivity contribution in [3.05, 3.63) is 65.1 Å². The number of hydrogen-bond donors (Lipinski definition) is 0. The minimum Gasteiger partial charge on any atom is -0.311 e. The highest BCUT2D eigenvalue weighted by molar-refractivity contribution is 8.04. The predicted octanol–water partition coefficient (Wildman–Crippen LogP) is 4.48. The Kier molecular flexibility index (Phi) is 3.51. The van der Waals surface area contributed by atoms with Gasteiger partial charge in [0.05, 0.1) is 0 Å². The number of thioether (sulfide) groups is 1. The normalized spacial score (nSPS) is 24.0. The van der Waals surface area contributed by atoms with Crippen molar-refractivity contribution in [2.75, 3.05) is 14.2 Å². The van der Waals surface area contributed by atoms with E-state index in [-0.39, 0.29) is 0 Å². The van der Waals surface area contributed by atoms with Crippen LogP contribution in [0.3, 0.4) is 0 Å². The largest absolute Gasteiger partial charge is 0.349 e. The number of hydrogen-bond acceptors (Lipinski definition) is 4. The molecule has 20 heavy (non-hydrogen) atoms. The first-order valence-electron chi connectivity index (χ1n) is 6.23. The van der Waals surface area contributed by atoms with Gasteiger partial charge in [0.15, 0.2) is 0 Å². The van der Waals surface area contributed by atoms with Crippen LogP contribution in [0.4, 0.5) is 0 Å². The Morgan fingerprint density at radius 1 is 1.10 bits per heavy atom. The second kappa shape index (κ2) is 5.05. The minimum atomic E-state index is -3.36. The molecule has 0 amide bonds. The Morgan fingerprint density at radius 2 is 1.85 bits per heavy atom. The van der Waals surface area contributed by atoms with Gasteiger partial charge in [-0.25, -0.2) is 0 Å². The lowest BCUT2D eigenvalue weighted by Crippen LogP contribution is -2.24. The van der Waals surface area contributed by atoms with Crippen LogP contribution in [0, 0.1) is 0 Å². The molecule has 0 spiro atoms. The minimum absolute atomic E-state index is 0.846. The van der Waals surface area contributed by atoms with Crippen LogP contribution in [-0.2, 0) is 18.8 Å². The molecule has 104 valence electrons. The fourth-order valence-corrected chi connectivity index (χ4v) is 6.25. The van der Waals surface area contributed by atoms with E-state index in [0.29, 0.717) is 0 Å². The van der Waals surface area contributed by atoms with E-state index in [2.05, 4.69) is 0 Å². The monoisotopic (exact) mass is 306 g/mol. The fourth-order valence-electron chi connectivity index (χ4n) is 2.67. The summed E-state index contributed by atoms with van der Waals surface area (Å²) in [4.78, 5) is 2.06. The third-order valence-electron chi connectivity index (χ3n) is 3.61. The molecule has 5 heteroatoms. The summed E-state index contributed by atoms with van der Waals surface area (Å²) in [7, 11) is -0.479. The van der Waals surface area contributed by atoms with Crippen LogP contribution in [0.1, 0.15) is 5.56 Å². The Labute approximate surface area is 122 Å². The lowest BCUT2D eigenvalue weighted by atomic mass is 9.97. The first-order valence-corrected chi connectivity index (χ1v) is 8.59. The van der Waals surface area contributed by atoms with E-state index in [1.54, 1.807) is 11.8 Å². The number of rotatable bonds is 3. The SMILES string of the molecule is COP(=O)(OC)C12C=CC=CC=C1Sc1ccccc12. The van der Waals surface area contributed by atoms with Crippen molar-refractivity contribution >= 4 is 19.4 Å².